The summed E-state index contributed by atoms with van der Waals surface area (Å²) in [6, 6.07) is 16.4. The first-order chi connectivity index (χ1) is 33.0. The topological polar surface area (TPSA) is 229 Å². The van der Waals surface area contributed by atoms with E-state index in [9.17, 15) is 19.2 Å². The van der Waals surface area contributed by atoms with E-state index in [1.54, 1.807) is 56.1 Å². The van der Waals surface area contributed by atoms with E-state index in [0.29, 0.717) is 55.9 Å². The second-order valence-electron chi connectivity index (χ2n) is 16.8. The minimum Gasteiger partial charge on any atom is -0.376 e. The Morgan fingerprint density at radius 3 is 1.59 bits per heavy atom. The van der Waals surface area contributed by atoms with Crippen molar-refractivity contribution in [1.82, 2.24) is 71.5 Å². The van der Waals surface area contributed by atoms with Crippen molar-refractivity contribution in [2.45, 2.75) is 148 Å². The van der Waals surface area contributed by atoms with Gasteiger partial charge in [-0.3, -0.25) is 19.2 Å². The Balaban J connectivity index is 1.01. The lowest BCUT2D eigenvalue weighted by Gasteiger charge is -2.32. The SMILES string of the molecule is CN[C@@H](C)C(=O)N[C@H](C(=O)N1CCC[C@H]1Cn1nnnc1Sc1ccccc1)[C@@H](C)OCC#CCCCO[C@H](C)[C@H](NC(=O)[C@H](C)NC)C(=O)N1CCC[C@H]1Cn1nnnc1Sc1ccccc1. The number of nitrogens with zero attached hydrogens (tertiary/aromatic N) is 10. The van der Waals surface area contributed by atoms with Gasteiger partial charge in [0, 0.05) is 35.9 Å². The van der Waals surface area contributed by atoms with Crippen molar-refractivity contribution < 1.29 is 28.7 Å². The number of carbonyl (C=O) groups is 4. The van der Waals surface area contributed by atoms with E-state index < -0.39 is 36.4 Å². The lowest BCUT2D eigenvalue weighted by atomic mass is 10.1. The van der Waals surface area contributed by atoms with Crippen LogP contribution in [0.15, 0.2) is 80.8 Å². The maximum atomic E-state index is 14.3. The third kappa shape index (κ3) is 14.5. The summed E-state index contributed by atoms with van der Waals surface area (Å²) in [5.41, 5.74) is 0. The number of aromatic nitrogens is 8. The van der Waals surface area contributed by atoms with Crippen LogP contribution in [0.25, 0.3) is 0 Å². The van der Waals surface area contributed by atoms with Gasteiger partial charge in [0.05, 0.1) is 49.5 Å². The van der Waals surface area contributed by atoms with Gasteiger partial charge in [0.2, 0.25) is 33.9 Å². The normalized spacial score (nSPS) is 18.5. The molecule has 366 valence electrons. The van der Waals surface area contributed by atoms with Crippen LogP contribution in [0.1, 0.15) is 66.2 Å². The van der Waals surface area contributed by atoms with Gasteiger partial charge in [0.1, 0.15) is 18.7 Å². The number of carbonyl (C=O) groups excluding carboxylic acids is 4. The van der Waals surface area contributed by atoms with E-state index in [0.717, 1.165) is 35.5 Å². The quantitative estimate of drug-likeness (QED) is 0.0584. The molecule has 0 spiro atoms. The average Bonchev–Trinajstić information content (AvgIpc) is 4.20. The molecule has 8 atom stereocenters. The second kappa shape index (κ2) is 26.4. The number of likely N-dealkylation sites (N-methyl/N-ethyl adjacent to an activating group) is 2. The molecule has 2 aliphatic rings. The molecule has 0 saturated carbocycles. The number of hydrogen-bond donors (Lipinski definition) is 4. The minimum atomic E-state index is -0.957. The summed E-state index contributed by atoms with van der Waals surface area (Å²) in [7, 11) is 3.37. The molecule has 4 heterocycles. The van der Waals surface area contributed by atoms with Crippen LogP contribution >= 0.6 is 23.5 Å². The number of rotatable bonds is 24. The molecular formula is C46H64N14O6S2. The molecule has 2 aromatic heterocycles. The smallest absolute Gasteiger partial charge is 0.248 e. The summed E-state index contributed by atoms with van der Waals surface area (Å²) < 4.78 is 15.7. The fourth-order valence-corrected chi connectivity index (χ4v) is 9.45. The fourth-order valence-electron chi connectivity index (χ4n) is 7.86. The van der Waals surface area contributed by atoms with E-state index in [2.05, 4.69) is 64.2 Å². The molecule has 22 heteroatoms. The maximum Gasteiger partial charge on any atom is 0.248 e. The molecule has 0 aliphatic carbocycles. The summed E-state index contributed by atoms with van der Waals surface area (Å²) in [6.07, 6.45) is 2.84. The molecule has 4 aromatic rings. The van der Waals surface area contributed by atoms with Crippen molar-refractivity contribution >= 4 is 47.2 Å². The van der Waals surface area contributed by atoms with Crippen LogP contribution in [0.2, 0.25) is 0 Å². The predicted octanol–water partition coefficient (Wildman–Crippen LogP) is 2.42. The Morgan fingerprint density at radius 2 is 1.13 bits per heavy atom. The van der Waals surface area contributed by atoms with Crippen molar-refractivity contribution in [1.29, 1.82) is 0 Å². The van der Waals surface area contributed by atoms with Gasteiger partial charge in [-0.2, -0.15) is 0 Å². The van der Waals surface area contributed by atoms with Crippen molar-refractivity contribution in [2.24, 2.45) is 0 Å². The Labute approximate surface area is 406 Å². The van der Waals surface area contributed by atoms with Crippen LogP contribution in [0.4, 0.5) is 0 Å². The molecular weight excluding hydrogens is 909 g/mol. The zero-order valence-electron chi connectivity index (χ0n) is 39.6. The van der Waals surface area contributed by atoms with Crippen LogP contribution in [-0.4, -0.2) is 163 Å². The number of ether oxygens (including phenoxy) is 2. The molecule has 6 rings (SSSR count). The summed E-state index contributed by atoms with van der Waals surface area (Å²) in [4.78, 5) is 60.5. The van der Waals surface area contributed by atoms with Gasteiger partial charge in [0.15, 0.2) is 0 Å². The highest BCUT2D eigenvalue weighted by Crippen LogP contribution is 2.29. The number of hydrogen-bond acceptors (Lipinski definition) is 16. The van der Waals surface area contributed by atoms with Gasteiger partial charge in [-0.1, -0.05) is 42.3 Å². The Hall–Kier alpha value is -5.44. The summed E-state index contributed by atoms with van der Waals surface area (Å²) in [6.45, 7) is 9.23. The molecule has 0 radical (unpaired) electrons. The minimum absolute atomic E-state index is 0.0358. The molecule has 2 saturated heterocycles. The van der Waals surface area contributed by atoms with Crippen molar-refractivity contribution in [3.63, 3.8) is 0 Å². The van der Waals surface area contributed by atoms with Crippen molar-refractivity contribution in [3.8, 4) is 11.8 Å². The van der Waals surface area contributed by atoms with Gasteiger partial charge in [-0.25, -0.2) is 9.36 Å². The summed E-state index contributed by atoms with van der Waals surface area (Å²) >= 11 is 2.91. The number of benzene rings is 2. The predicted molar refractivity (Wildman–Crippen MR) is 255 cm³/mol. The van der Waals surface area contributed by atoms with E-state index in [1.165, 1.54) is 23.5 Å². The molecule has 0 unspecified atom stereocenters. The fraction of sp³-hybridized carbons (Fsp3) is 0.565. The molecule has 68 heavy (non-hydrogen) atoms. The second-order valence-corrected chi connectivity index (χ2v) is 18.9. The molecule has 4 N–H and O–H groups in total. The van der Waals surface area contributed by atoms with Gasteiger partial charge < -0.3 is 40.5 Å². The van der Waals surface area contributed by atoms with Crippen LogP contribution in [0.5, 0.6) is 0 Å². The highest BCUT2D eigenvalue weighted by Gasteiger charge is 2.40. The summed E-state index contributed by atoms with van der Waals surface area (Å²) in [5.74, 6) is 5.05. The highest BCUT2D eigenvalue weighted by atomic mass is 32.2. The first-order valence-electron chi connectivity index (χ1n) is 23.2. The Kier molecular flexibility index (Phi) is 20.1. The lowest BCUT2D eigenvalue weighted by molar-refractivity contribution is -0.142. The molecule has 20 nitrogen and oxygen atoms in total. The molecule has 2 fully saturated rings. The standard InChI is InChI=1S/C46H64N14O6S2/c1-31(47-5)41(61)49-39(43(63)57-25-17-19-35(57)29-59-45(51-53-55-59)67-37-21-11-9-12-22-37)33(3)65-27-15-7-8-16-28-66-34(4)40(50-42(62)32(2)48-6)44(64)58-26-18-20-36(58)30-60-46(52-54-56-60)68-38-23-13-10-14-24-38/h9-14,21-24,31-36,39-40,47-48H,7,15,17-20,25-30H2,1-6H3,(H,49,61)(H,50,62)/t31-,32-,33+,34+,35-,36-,39-,40-/m0/s1. The van der Waals surface area contributed by atoms with Gasteiger partial charge in [-0.05, 0) is 143 Å². The van der Waals surface area contributed by atoms with E-state index in [-0.39, 0.29) is 42.3 Å². The van der Waals surface area contributed by atoms with Gasteiger partial charge in [-0.15, -0.1) is 16.1 Å². The van der Waals surface area contributed by atoms with Crippen molar-refractivity contribution in [3.05, 3.63) is 60.7 Å². The highest BCUT2D eigenvalue weighted by molar-refractivity contribution is 7.99. The number of likely N-dealkylation sites (tertiary alicyclic amines) is 2. The summed E-state index contributed by atoms with van der Waals surface area (Å²) in [5, 5.41) is 37.7. The van der Waals surface area contributed by atoms with Crippen LogP contribution in [0.3, 0.4) is 0 Å². The molecule has 4 amide bonds. The van der Waals surface area contributed by atoms with Crippen LogP contribution in [0, 0.1) is 11.8 Å². The number of nitrogens with one attached hydrogen (secondary N) is 4. The van der Waals surface area contributed by atoms with Crippen LogP contribution < -0.4 is 21.3 Å². The van der Waals surface area contributed by atoms with Gasteiger partial charge >= 0.3 is 0 Å². The lowest BCUT2D eigenvalue weighted by Crippen LogP contribution is -2.58. The number of tetrazole rings is 2. The molecule has 0 bridgehead atoms. The average molecular weight is 973 g/mol. The van der Waals surface area contributed by atoms with E-state index >= 15 is 0 Å². The zero-order valence-corrected chi connectivity index (χ0v) is 41.2. The van der Waals surface area contributed by atoms with Crippen LogP contribution in [-0.2, 0) is 41.7 Å². The van der Waals surface area contributed by atoms with Crippen molar-refractivity contribution in [2.75, 3.05) is 40.4 Å². The third-order valence-corrected chi connectivity index (χ3v) is 14.0. The maximum absolute atomic E-state index is 14.3. The number of amides is 4. The first kappa shape index (κ1) is 51.9. The molecule has 2 aromatic carbocycles. The Bertz CT molecular complexity index is 2290. The third-order valence-electron chi connectivity index (χ3n) is 12.1. The largest absolute Gasteiger partial charge is 0.376 e. The monoisotopic (exact) mass is 972 g/mol. The molecule has 2 aliphatic heterocycles. The number of unbranched alkanes of at least 4 members (excludes halogenated alkanes) is 1. The zero-order chi connectivity index (χ0) is 48.4. The van der Waals surface area contributed by atoms with E-state index in [1.807, 2.05) is 65.6 Å². The van der Waals surface area contributed by atoms with Gasteiger partial charge in [0.25, 0.3) is 0 Å². The van der Waals surface area contributed by atoms with E-state index in [4.69, 9.17) is 9.47 Å². The first-order valence-corrected chi connectivity index (χ1v) is 24.8. The Morgan fingerprint density at radius 1 is 0.676 bits per heavy atom.